The highest BCUT2D eigenvalue weighted by molar-refractivity contribution is 6.74. The molecule has 1 N–H and O–H groups in total. The predicted molar refractivity (Wildman–Crippen MR) is 94.5 cm³/mol. The summed E-state index contributed by atoms with van der Waals surface area (Å²) in [6.45, 7) is 14.2. The summed E-state index contributed by atoms with van der Waals surface area (Å²) in [4.78, 5) is 0. The summed E-state index contributed by atoms with van der Waals surface area (Å²) in [5.74, 6) is 0. The fraction of sp³-hybridized carbons (Fsp3) is 0.667. The SMILES string of the molecule is C[C@H](OCc1ccccc1)[C@@H](O)CCO[Si](C)(C)C(C)(C)C. The minimum Gasteiger partial charge on any atom is -0.417 e. The van der Waals surface area contributed by atoms with Gasteiger partial charge in [-0.05, 0) is 37.0 Å². The third-order valence-electron chi connectivity index (χ3n) is 4.58. The molecule has 1 aromatic carbocycles. The lowest BCUT2D eigenvalue weighted by molar-refractivity contribution is -0.0423. The molecule has 1 rings (SSSR count). The van der Waals surface area contributed by atoms with Crippen molar-refractivity contribution in [1.29, 1.82) is 0 Å². The van der Waals surface area contributed by atoms with Crippen LogP contribution in [0.3, 0.4) is 0 Å². The standard InChI is InChI=1S/C18H32O3Si/c1-15(20-14-16-10-8-7-9-11-16)17(19)12-13-21-22(5,6)18(2,3)4/h7-11,15,17,19H,12-14H2,1-6H3/t15-,17-/m0/s1. The van der Waals surface area contributed by atoms with Gasteiger partial charge < -0.3 is 14.3 Å². The minimum absolute atomic E-state index is 0.191. The van der Waals surface area contributed by atoms with Crippen molar-refractivity contribution in [2.45, 2.75) is 71.1 Å². The van der Waals surface area contributed by atoms with Crippen LogP contribution in [0.25, 0.3) is 0 Å². The number of benzene rings is 1. The second kappa shape index (κ2) is 8.25. The Balaban J connectivity index is 2.31. The summed E-state index contributed by atoms with van der Waals surface area (Å²) in [6.07, 6.45) is -0.0701. The second-order valence-corrected chi connectivity index (χ2v) is 12.3. The maximum absolute atomic E-state index is 10.2. The number of hydrogen-bond acceptors (Lipinski definition) is 3. The van der Waals surface area contributed by atoms with E-state index < -0.39 is 14.4 Å². The molecule has 0 aliphatic carbocycles. The van der Waals surface area contributed by atoms with Crippen molar-refractivity contribution < 1.29 is 14.3 Å². The van der Waals surface area contributed by atoms with Gasteiger partial charge in [-0.3, -0.25) is 0 Å². The number of ether oxygens (including phenoxy) is 1. The van der Waals surface area contributed by atoms with E-state index in [2.05, 4.69) is 33.9 Å². The minimum atomic E-state index is -1.73. The van der Waals surface area contributed by atoms with Crippen molar-refractivity contribution in [2.75, 3.05) is 6.61 Å². The zero-order valence-electron chi connectivity index (χ0n) is 14.9. The summed E-state index contributed by atoms with van der Waals surface area (Å²) < 4.78 is 11.8. The van der Waals surface area contributed by atoms with E-state index in [1.165, 1.54) is 0 Å². The van der Waals surface area contributed by atoms with Crippen molar-refractivity contribution in [1.82, 2.24) is 0 Å². The molecule has 0 spiro atoms. The molecule has 0 heterocycles. The molecule has 0 saturated heterocycles. The summed E-state index contributed by atoms with van der Waals surface area (Å²) in [6, 6.07) is 10.0. The molecule has 0 saturated carbocycles. The van der Waals surface area contributed by atoms with E-state index in [0.29, 0.717) is 19.6 Å². The van der Waals surface area contributed by atoms with Gasteiger partial charge in [0.25, 0.3) is 0 Å². The van der Waals surface area contributed by atoms with Crippen LogP contribution in [0.1, 0.15) is 39.7 Å². The number of hydrogen-bond donors (Lipinski definition) is 1. The normalized spacial score (nSPS) is 15.6. The van der Waals surface area contributed by atoms with E-state index in [1.54, 1.807) is 0 Å². The molecule has 22 heavy (non-hydrogen) atoms. The maximum Gasteiger partial charge on any atom is 0.191 e. The highest BCUT2D eigenvalue weighted by atomic mass is 28.4. The third kappa shape index (κ3) is 6.21. The first-order valence-corrected chi connectivity index (χ1v) is 11.0. The van der Waals surface area contributed by atoms with Crippen LogP contribution >= 0.6 is 0 Å². The Bertz CT molecular complexity index is 426. The molecular formula is C18H32O3Si. The lowest BCUT2D eigenvalue weighted by Gasteiger charge is -2.36. The molecule has 4 heteroatoms. The Morgan fingerprint density at radius 2 is 1.73 bits per heavy atom. The highest BCUT2D eigenvalue weighted by Crippen LogP contribution is 2.36. The summed E-state index contributed by atoms with van der Waals surface area (Å²) in [5, 5.41) is 10.4. The van der Waals surface area contributed by atoms with Crippen LogP contribution in [-0.2, 0) is 15.8 Å². The highest BCUT2D eigenvalue weighted by Gasteiger charge is 2.37. The van der Waals surface area contributed by atoms with Gasteiger partial charge in [0.1, 0.15) is 0 Å². The van der Waals surface area contributed by atoms with Crippen LogP contribution < -0.4 is 0 Å². The average Bonchev–Trinajstić information content (AvgIpc) is 2.44. The molecule has 0 aliphatic heterocycles. The van der Waals surface area contributed by atoms with E-state index in [1.807, 2.05) is 37.3 Å². The molecular weight excluding hydrogens is 292 g/mol. The number of aliphatic hydroxyl groups is 1. The zero-order valence-corrected chi connectivity index (χ0v) is 15.9. The molecule has 1 aromatic rings. The molecule has 0 amide bonds. The van der Waals surface area contributed by atoms with Crippen molar-refractivity contribution in [2.24, 2.45) is 0 Å². The lowest BCUT2D eigenvalue weighted by atomic mass is 10.1. The van der Waals surface area contributed by atoms with Crippen molar-refractivity contribution >= 4 is 8.32 Å². The molecule has 0 aromatic heterocycles. The topological polar surface area (TPSA) is 38.7 Å². The molecule has 0 bridgehead atoms. The quantitative estimate of drug-likeness (QED) is 0.722. The van der Waals surface area contributed by atoms with E-state index in [-0.39, 0.29) is 11.1 Å². The van der Waals surface area contributed by atoms with Crippen LogP contribution in [0.4, 0.5) is 0 Å². The van der Waals surface area contributed by atoms with E-state index in [4.69, 9.17) is 9.16 Å². The first kappa shape index (κ1) is 19.4. The largest absolute Gasteiger partial charge is 0.417 e. The smallest absolute Gasteiger partial charge is 0.191 e. The Kier molecular flexibility index (Phi) is 7.26. The van der Waals surface area contributed by atoms with Gasteiger partial charge >= 0.3 is 0 Å². The first-order chi connectivity index (χ1) is 10.1. The lowest BCUT2D eigenvalue weighted by Crippen LogP contribution is -2.41. The van der Waals surface area contributed by atoms with Gasteiger partial charge in [0.15, 0.2) is 8.32 Å². The van der Waals surface area contributed by atoms with E-state index in [9.17, 15) is 5.11 Å². The van der Waals surface area contributed by atoms with Crippen molar-refractivity contribution in [3.8, 4) is 0 Å². The van der Waals surface area contributed by atoms with E-state index >= 15 is 0 Å². The van der Waals surface area contributed by atoms with Gasteiger partial charge in [0.05, 0.1) is 18.8 Å². The Labute approximate surface area is 136 Å². The number of aliphatic hydroxyl groups excluding tert-OH is 1. The van der Waals surface area contributed by atoms with Crippen molar-refractivity contribution in [3.63, 3.8) is 0 Å². The monoisotopic (exact) mass is 324 g/mol. The summed E-state index contributed by atoms with van der Waals surface area (Å²) in [5.41, 5.74) is 1.12. The van der Waals surface area contributed by atoms with Gasteiger partial charge in [-0.2, -0.15) is 0 Å². The molecule has 0 aliphatic rings. The van der Waals surface area contributed by atoms with Crippen LogP contribution in [0.5, 0.6) is 0 Å². The van der Waals surface area contributed by atoms with Gasteiger partial charge in [0.2, 0.25) is 0 Å². The van der Waals surface area contributed by atoms with E-state index in [0.717, 1.165) is 5.56 Å². The average molecular weight is 325 g/mol. The Morgan fingerprint density at radius 3 is 2.27 bits per heavy atom. The molecule has 0 radical (unpaired) electrons. The van der Waals surface area contributed by atoms with Crippen molar-refractivity contribution in [3.05, 3.63) is 35.9 Å². The zero-order chi connectivity index (χ0) is 16.8. The van der Waals surface area contributed by atoms with Crippen LogP contribution in [-0.4, -0.2) is 32.2 Å². The Morgan fingerprint density at radius 1 is 1.14 bits per heavy atom. The fourth-order valence-electron chi connectivity index (χ4n) is 1.80. The fourth-order valence-corrected chi connectivity index (χ4v) is 2.86. The Hall–Kier alpha value is -0.683. The molecule has 2 atom stereocenters. The second-order valence-electron chi connectivity index (χ2n) is 7.47. The maximum atomic E-state index is 10.2. The third-order valence-corrected chi connectivity index (χ3v) is 9.12. The summed E-state index contributed by atoms with van der Waals surface area (Å²) >= 11 is 0. The van der Waals surface area contributed by atoms with Gasteiger partial charge in [-0.25, -0.2) is 0 Å². The van der Waals surface area contributed by atoms with Crippen LogP contribution in [0, 0.1) is 0 Å². The van der Waals surface area contributed by atoms with Gasteiger partial charge in [-0.1, -0.05) is 51.1 Å². The molecule has 0 unspecified atom stereocenters. The van der Waals surface area contributed by atoms with Gasteiger partial charge in [0, 0.05) is 6.61 Å². The predicted octanol–water partition coefficient (Wildman–Crippen LogP) is 4.36. The first-order valence-electron chi connectivity index (χ1n) is 8.11. The molecule has 3 nitrogen and oxygen atoms in total. The number of rotatable bonds is 8. The summed E-state index contributed by atoms with van der Waals surface area (Å²) in [7, 11) is -1.73. The van der Waals surface area contributed by atoms with Gasteiger partial charge in [-0.15, -0.1) is 0 Å². The molecule has 126 valence electrons. The van der Waals surface area contributed by atoms with Crippen LogP contribution in [0.2, 0.25) is 18.1 Å². The van der Waals surface area contributed by atoms with Crippen LogP contribution in [0.15, 0.2) is 30.3 Å². The molecule has 0 fully saturated rings.